The molecule has 0 saturated heterocycles. The Kier molecular flexibility index (Phi) is 4.57. The molecule has 1 N–H and O–H groups in total. The maximum absolute atomic E-state index is 13.5. The summed E-state index contributed by atoms with van der Waals surface area (Å²) in [5.74, 6) is -0.646. The maximum Gasteiger partial charge on any atom is 0.161 e. The second kappa shape index (κ2) is 6.22. The van der Waals surface area contributed by atoms with Crippen molar-refractivity contribution in [1.29, 1.82) is 0 Å². The van der Waals surface area contributed by atoms with Gasteiger partial charge in [-0.2, -0.15) is 5.10 Å². The molecule has 1 atom stereocenters. The normalized spacial score (nSPS) is 12.7. The van der Waals surface area contributed by atoms with Crippen molar-refractivity contribution in [3.8, 4) is 5.75 Å². The predicted octanol–water partition coefficient (Wildman–Crippen LogP) is 3.06. The van der Waals surface area contributed by atoms with Crippen LogP contribution in [0.15, 0.2) is 24.4 Å². The van der Waals surface area contributed by atoms with Gasteiger partial charge in [-0.15, -0.1) is 0 Å². The summed E-state index contributed by atoms with van der Waals surface area (Å²) in [5, 5.41) is 7.36. The van der Waals surface area contributed by atoms with Crippen LogP contribution in [0.4, 0.5) is 8.78 Å². The summed E-state index contributed by atoms with van der Waals surface area (Å²) < 4.78 is 34.1. The first-order valence-corrected chi connectivity index (χ1v) is 6.72. The summed E-state index contributed by atoms with van der Waals surface area (Å²) in [6.07, 6.45) is 1.61. The first-order valence-electron chi connectivity index (χ1n) is 6.72. The quantitative estimate of drug-likeness (QED) is 0.921. The molecule has 0 radical (unpaired) electrons. The van der Waals surface area contributed by atoms with Gasteiger partial charge in [0.05, 0.1) is 19.3 Å². The van der Waals surface area contributed by atoms with Crippen LogP contribution in [0.2, 0.25) is 0 Å². The van der Waals surface area contributed by atoms with Crippen molar-refractivity contribution in [2.24, 2.45) is 0 Å². The second-order valence-electron chi connectivity index (χ2n) is 5.06. The molecule has 0 fully saturated rings. The Labute approximate surface area is 122 Å². The van der Waals surface area contributed by atoms with Gasteiger partial charge in [0.1, 0.15) is 17.3 Å². The van der Waals surface area contributed by atoms with E-state index >= 15 is 0 Å². The minimum atomic E-state index is -0.611. The highest BCUT2D eigenvalue weighted by atomic mass is 19.1. The van der Waals surface area contributed by atoms with E-state index in [1.165, 1.54) is 12.1 Å². The number of nitrogens with zero attached hydrogens (tertiary/aromatic N) is 2. The van der Waals surface area contributed by atoms with Gasteiger partial charge in [0.15, 0.2) is 5.75 Å². The van der Waals surface area contributed by atoms with Crippen LogP contribution >= 0.6 is 0 Å². The van der Waals surface area contributed by atoms with Crippen LogP contribution in [0.3, 0.4) is 0 Å². The number of aromatic nitrogens is 2. The van der Waals surface area contributed by atoms with Crippen LogP contribution in [0, 0.1) is 11.6 Å². The molecule has 1 aromatic heterocycles. The highest BCUT2D eigenvalue weighted by molar-refractivity contribution is 5.37. The highest BCUT2D eigenvalue weighted by Gasteiger charge is 2.24. The van der Waals surface area contributed by atoms with Crippen LogP contribution in [0.25, 0.3) is 0 Å². The van der Waals surface area contributed by atoms with Crippen LogP contribution < -0.4 is 10.1 Å². The lowest BCUT2D eigenvalue weighted by Gasteiger charge is -2.21. The van der Waals surface area contributed by atoms with Crippen LogP contribution in [0.5, 0.6) is 5.75 Å². The molecule has 2 rings (SSSR count). The second-order valence-corrected chi connectivity index (χ2v) is 5.06. The van der Waals surface area contributed by atoms with Gasteiger partial charge in [0.25, 0.3) is 0 Å². The molecule has 2 aromatic rings. The average molecular weight is 295 g/mol. The van der Waals surface area contributed by atoms with E-state index in [2.05, 4.69) is 10.4 Å². The van der Waals surface area contributed by atoms with Crippen molar-refractivity contribution in [2.45, 2.75) is 25.9 Å². The third-order valence-corrected chi connectivity index (χ3v) is 3.29. The van der Waals surface area contributed by atoms with E-state index < -0.39 is 17.7 Å². The zero-order valence-electron chi connectivity index (χ0n) is 12.5. The summed E-state index contributed by atoms with van der Waals surface area (Å²) in [5.41, 5.74) is 1.22. The smallest absolute Gasteiger partial charge is 0.161 e. The van der Waals surface area contributed by atoms with E-state index in [1.54, 1.807) is 25.0 Å². The molecule has 0 bridgehead atoms. The van der Waals surface area contributed by atoms with E-state index in [4.69, 9.17) is 4.74 Å². The van der Waals surface area contributed by atoms with Gasteiger partial charge >= 0.3 is 0 Å². The molecule has 1 heterocycles. The Hall–Kier alpha value is -1.95. The van der Waals surface area contributed by atoms with Crippen molar-refractivity contribution >= 4 is 0 Å². The number of rotatable bonds is 5. The van der Waals surface area contributed by atoms with Crippen LogP contribution in [-0.4, -0.2) is 23.9 Å². The number of ether oxygens (including phenoxy) is 1. The van der Waals surface area contributed by atoms with Crippen molar-refractivity contribution < 1.29 is 13.5 Å². The largest absolute Gasteiger partial charge is 0.493 e. The highest BCUT2D eigenvalue weighted by Crippen LogP contribution is 2.32. The van der Waals surface area contributed by atoms with Gasteiger partial charge in [-0.1, -0.05) is 0 Å². The summed E-state index contributed by atoms with van der Waals surface area (Å²) in [6.45, 7) is 3.96. The molecule has 0 aliphatic heterocycles. The number of halogens is 2. The first-order chi connectivity index (χ1) is 9.97. The van der Waals surface area contributed by atoms with E-state index in [9.17, 15) is 8.78 Å². The lowest BCUT2D eigenvalue weighted by molar-refractivity contribution is 0.396. The fraction of sp³-hybridized carbons (Fsp3) is 0.400. The molecule has 1 unspecified atom stereocenters. The topological polar surface area (TPSA) is 39.1 Å². The zero-order chi connectivity index (χ0) is 15.6. The van der Waals surface area contributed by atoms with Crippen molar-refractivity contribution in [3.05, 3.63) is 47.3 Å². The minimum absolute atomic E-state index is 0.0955. The van der Waals surface area contributed by atoms with Crippen molar-refractivity contribution in [1.82, 2.24) is 15.1 Å². The molecule has 21 heavy (non-hydrogen) atoms. The van der Waals surface area contributed by atoms with Crippen molar-refractivity contribution in [2.75, 3.05) is 14.2 Å². The lowest BCUT2D eigenvalue weighted by atomic mass is 10.0. The Morgan fingerprint density at radius 2 is 1.81 bits per heavy atom. The predicted molar refractivity (Wildman–Crippen MR) is 76.4 cm³/mol. The third-order valence-electron chi connectivity index (χ3n) is 3.29. The average Bonchev–Trinajstić information content (AvgIpc) is 2.82. The summed E-state index contributed by atoms with van der Waals surface area (Å²) >= 11 is 0. The van der Waals surface area contributed by atoms with Gasteiger partial charge in [-0.25, -0.2) is 8.78 Å². The number of hydrogen-bond acceptors (Lipinski definition) is 3. The van der Waals surface area contributed by atoms with Gasteiger partial charge in [-0.05, 0) is 38.6 Å². The Bertz CT molecular complexity index is 605. The van der Waals surface area contributed by atoms with Gasteiger partial charge in [-0.3, -0.25) is 4.68 Å². The lowest BCUT2D eigenvalue weighted by Crippen LogP contribution is -2.23. The minimum Gasteiger partial charge on any atom is -0.493 e. The summed E-state index contributed by atoms with van der Waals surface area (Å²) in [6, 6.07) is 3.14. The number of nitrogens with one attached hydrogen (secondary N) is 1. The zero-order valence-corrected chi connectivity index (χ0v) is 12.5. The molecule has 114 valence electrons. The third kappa shape index (κ3) is 3.05. The van der Waals surface area contributed by atoms with E-state index in [0.717, 1.165) is 11.8 Å². The molecule has 1 aromatic carbocycles. The first kappa shape index (κ1) is 15.4. The van der Waals surface area contributed by atoms with E-state index in [-0.39, 0.29) is 6.04 Å². The maximum atomic E-state index is 13.5. The number of hydrogen-bond donors (Lipinski definition) is 1. The summed E-state index contributed by atoms with van der Waals surface area (Å²) in [4.78, 5) is 0. The van der Waals surface area contributed by atoms with E-state index in [0.29, 0.717) is 11.3 Å². The Morgan fingerprint density at radius 3 is 2.29 bits per heavy atom. The molecular weight excluding hydrogens is 276 g/mol. The SMILES string of the molecule is CNC(c1cc(F)cc(F)c1)c1c(OC)cnn1C(C)C. The molecule has 0 aliphatic rings. The molecule has 0 amide bonds. The van der Waals surface area contributed by atoms with E-state index in [1.807, 2.05) is 13.8 Å². The Balaban J connectivity index is 2.57. The number of benzene rings is 1. The molecular formula is C15H19F2N3O. The van der Waals surface area contributed by atoms with Gasteiger partial charge in [0.2, 0.25) is 0 Å². The molecule has 4 nitrogen and oxygen atoms in total. The molecule has 0 saturated carbocycles. The Morgan fingerprint density at radius 1 is 1.19 bits per heavy atom. The van der Waals surface area contributed by atoms with Crippen LogP contribution in [-0.2, 0) is 0 Å². The van der Waals surface area contributed by atoms with Crippen molar-refractivity contribution in [3.63, 3.8) is 0 Å². The van der Waals surface area contributed by atoms with Crippen LogP contribution in [0.1, 0.15) is 37.2 Å². The standard InChI is InChI=1S/C15H19F2N3O/c1-9(2)20-15(13(21-4)8-19-20)14(18-3)10-5-11(16)7-12(17)6-10/h5-9,14,18H,1-4H3. The monoisotopic (exact) mass is 295 g/mol. The number of methoxy groups -OCH3 is 1. The fourth-order valence-electron chi connectivity index (χ4n) is 2.40. The summed E-state index contributed by atoms with van der Waals surface area (Å²) in [7, 11) is 3.27. The van der Waals surface area contributed by atoms with Gasteiger partial charge < -0.3 is 10.1 Å². The molecule has 0 aliphatic carbocycles. The van der Waals surface area contributed by atoms with Gasteiger partial charge in [0, 0.05) is 12.1 Å². The molecule has 0 spiro atoms. The molecule has 6 heteroatoms. The fourth-order valence-corrected chi connectivity index (χ4v) is 2.40.